The van der Waals surface area contributed by atoms with Crippen LogP contribution in [0, 0.1) is 10.1 Å². The summed E-state index contributed by atoms with van der Waals surface area (Å²) in [4.78, 5) is 10.1. The van der Waals surface area contributed by atoms with Gasteiger partial charge in [0, 0.05) is 29.0 Å². The van der Waals surface area contributed by atoms with Crippen molar-refractivity contribution < 1.29 is 17.9 Å². The lowest BCUT2D eigenvalue weighted by molar-refractivity contribution is -0.385. The van der Waals surface area contributed by atoms with Gasteiger partial charge in [0.05, 0.1) is 10.5 Å². The van der Waals surface area contributed by atoms with E-state index in [2.05, 4.69) is 0 Å². The van der Waals surface area contributed by atoms with Crippen LogP contribution in [0.15, 0.2) is 34.9 Å². The van der Waals surface area contributed by atoms with Gasteiger partial charge in [-0.3, -0.25) is 14.7 Å². The molecule has 3 rings (SSSR count). The summed E-state index contributed by atoms with van der Waals surface area (Å²) >= 11 is 0. The molecule has 1 aliphatic rings. The molecule has 7 nitrogen and oxygen atoms in total. The lowest BCUT2D eigenvalue weighted by atomic mass is 9.90. The van der Waals surface area contributed by atoms with Crippen molar-refractivity contribution in [1.29, 1.82) is 0 Å². The fourth-order valence-electron chi connectivity index (χ4n) is 2.65. The second-order valence-corrected chi connectivity index (χ2v) is 6.17. The molecule has 0 saturated carbocycles. The van der Waals surface area contributed by atoms with E-state index in [9.17, 15) is 23.1 Å². The van der Waals surface area contributed by atoms with Gasteiger partial charge in [0.25, 0.3) is 15.8 Å². The van der Waals surface area contributed by atoms with Crippen LogP contribution in [0.5, 0.6) is 0 Å². The number of nitro benzene ring substituents is 1. The van der Waals surface area contributed by atoms with Crippen LogP contribution >= 0.6 is 0 Å². The van der Waals surface area contributed by atoms with Gasteiger partial charge in [-0.25, -0.2) is 0 Å². The Morgan fingerprint density at radius 2 is 2.05 bits per heavy atom. The standard InChI is InChI=1S/C13H10N2O5S/c14-8-4-7-2-1-3-9-12(21(18,19)20)6-11(15(16)17)10(5-8)13(7)9/h1-3,5-6H,4,14H2,(H,18,19,20). The average Bonchev–Trinajstić information content (AvgIpc) is 2.36. The SMILES string of the molecule is NC1=Cc2c([N+](=O)[O-])cc(S(=O)(=O)O)c3cccc(c23)C1. The van der Waals surface area contributed by atoms with Gasteiger partial charge in [-0.2, -0.15) is 8.42 Å². The maximum absolute atomic E-state index is 11.5. The van der Waals surface area contributed by atoms with Crippen LogP contribution in [0.3, 0.4) is 0 Å². The topological polar surface area (TPSA) is 124 Å². The van der Waals surface area contributed by atoms with Crippen molar-refractivity contribution >= 4 is 32.7 Å². The van der Waals surface area contributed by atoms with E-state index < -0.39 is 25.6 Å². The highest BCUT2D eigenvalue weighted by Gasteiger charge is 2.27. The highest BCUT2D eigenvalue weighted by molar-refractivity contribution is 7.86. The molecule has 0 amide bonds. The largest absolute Gasteiger partial charge is 0.402 e. The van der Waals surface area contributed by atoms with E-state index in [4.69, 9.17) is 5.73 Å². The van der Waals surface area contributed by atoms with Gasteiger partial charge >= 0.3 is 0 Å². The lowest BCUT2D eigenvalue weighted by Crippen LogP contribution is -2.10. The second kappa shape index (κ2) is 4.27. The number of hydrogen-bond acceptors (Lipinski definition) is 5. The molecule has 0 fully saturated rings. The number of allylic oxidation sites excluding steroid dienone is 1. The maximum Gasteiger partial charge on any atom is 0.295 e. The highest BCUT2D eigenvalue weighted by Crippen LogP contribution is 2.39. The minimum absolute atomic E-state index is 0.249. The van der Waals surface area contributed by atoms with Crippen LogP contribution in [0.2, 0.25) is 0 Å². The van der Waals surface area contributed by atoms with Crippen LogP contribution in [0.1, 0.15) is 11.1 Å². The van der Waals surface area contributed by atoms with Crippen LogP contribution in [-0.2, 0) is 16.5 Å². The Bertz CT molecular complexity index is 931. The number of hydrogen-bond donors (Lipinski definition) is 2. The van der Waals surface area contributed by atoms with E-state index in [1.54, 1.807) is 12.1 Å². The fourth-order valence-corrected chi connectivity index (χ4v) is 3.35. The van der Waals surface area contributed by atoms with Crippen molar-refractivity contribution in [2.24, 2.45) is 5.73 Å². The molecular weight excluding hydrogens is 296 g/mol. The molecule has 0 aliphatic heterocycles. The minimum Gasteiger partial charge on any atom is -0.402 e. The predicted molar refractivity (Wildman–Crippen MR) is 76.3 cm³/mol. The predicted octanol–water partition coefficient (Wildman–Crippen LogP) is 1.85. The van der Waals surface area contributed by atoms with E-state index in [0.717, 1.165) is 6.07 Å². The van der Waals surface area contributed by atoms with E-state index in [1.807, 2.05) is 0 Å². The Morgan fingerprint density at radius 1 is 1.33 bits per heavy atom. The van der Waals surface area contributed by atoms with Gasteiger partial charge < -0.3 is 5.73 Å². The molecular formula is C13H10N2O5S. The summed E-state index contributed by atoms with van der Waals surface area (Å²) in [5.41, 5.74) is 6.80. The van der Waals surface area contributed by atoms with Gasteiger partial charge in [0.15, 0.2) is 0 Å². The van der Waals surface area contributed by atoms with E-state index in [1.165, 1.54) is 12.1 Å². The smallest absolute Gasteiger partial charge is 0.295 e. The molecule has 0 radical (unpaired) electrons. The van der Waals surface area contributed by atoms with Gasteiger partial charge in [-0.05, 0) is 11.6 Å². The molecule has 1 aliphatic carbocycles. The molecule has 0 spiro atoms. The van der Waals surface area contributed by atoms with Gasteiger partial charge in [-0.1, -0.05) is 18.2 Å². The average molecular weight is 306 g/mol. The van der Waals surface area contributed by atoms with Crippen LogP contribution < -0.4 is 5.73 Å². The third-order valence-electron chi connectivity index (χ3n) is 3.43. The van der Waals surface area contributed by atoms with Gasteiger partial charge in [-0.15, -0.1) is 0 Å². The van der Waals surface area contributed by atoms with Crippen molar-refractivity contribution in [3.63, 3.8) is 0 Å². The molecule has 0 atom stereocenters. The summed E-state index contributed by atoms with van der Waals surface area (Å²) in [6, 6.07) is 5.72. The number of benzene rings is 2. The molecule has 0 heterocycles. The summed E-state index contributed by atoms with van der Waals surface area (Å²) < 4.78 is 32.3. The maximum atomic E-state index is 11.5. The molecule has 0 bridgehead atoms. The molecule has 8 heteroatoms. The van der Waals surface area contributed by atoms with Crippen LogP contribution in [-0.4, -0.2) is 17.9 Å². The van der Waals surface area contributed by atoms with Crippen molar-refractivity contribution in [1.82, 2.24) is 0 Å². The Labute approximate surface area is 119 Å². The molecule has 108 valence electrons. The summed E-state index contributed by atoms with van der Waals surface area (Å²) in [7, 11) is -4.57. The molecule has 0 saturated heterocycles. The summed E-state index contributed by atoms with van der Waals surface area (Å²) in [6.45, 7) is 0. The second-order valence-electron chi connectivity index (χ2n) is 4.78. The zero-order valence-electron chi connectivity index (χ0n) is 10.6. The Morgan fingerprint density at radius 3 is 2.67 bits per heavy atom. The Kier molecular flexibility index (Phi) is 2.75. The first-order valence-corrected chi connectivity index (χ1v) is 7.39. The Hall–Kier alpha value is -2.45. The van der Waals surface area contributed by atoms with Gasteiger partial charge in [0.1, 0.15) is 4.90 Å². The molecule has 2 aromatic rings. The molecule has 21 heavy (non-hydrogen) atoms. The first-order chi connectivity index (χ1) is 9.79. The monoisotopic (exact) mass is 306 g/mol. The molecule has 2 aromatic carbocycles. The van der Waals surface area contributed by atoms with E-state index in [0.29, 0.717) is 23.1 Å². The minimum atomic E-state index is -4.57. The lowest BCUT2D eigenvalue weighted by Gasteiger charge is -2.17. The number of rotatable bonds is 2. The van der Waals surface area contributed by atoms with Crippen LogP contribution in [0.4, 0.5) is 5.69 Å². The number of nitrogens with zero attached hydrogens (tertiary/aromatic N) is 1. The molecule has 0 unspecified atom stereocenters. The Balaban J connectivity index is 2.59. The first kappa shape index (κ1) is 13.5. The zero-order valence-corrected chi connectivity index (χ0v) is 11.4. The van der Waals surface area contributed by atoms with Crippen molar-refractivity contribution in [3.05, 3.63) is 51.2 Å². The zero-order chi connectivity index (χ0) is 15.4. The summed E-state index contributed by atoms with van der Waals surface area (Å²) in [6.07, 6.45) is 1.84. The highest BCUT2D eigenvalue weighted by atomic mass is 32.2. The normalized spacial score (nSPS) is 14.0. The van der Waals surface area contributed by atoms with E-state index in [-0.39, 0.29) is 10.9 Å². The fraction of sp³-hybridized carbons (Fsp3) is 0.0769. The van der Waals surface area contributed by atoms with Gasteiger partial charge in [0.2, 0.25) is 0 Å². The summed E-state index contributed by atoms with van der Waals surface area (Å²) in [5.74, 6) is 0. The van der Waals surface area contributed by atoms with Crippen LogP contribution in [0.25, 0.3) is 16.8 Å². The van der Waals surface area contributed by atoms with E-state index >= 15 is 0 Å². The molecule has 3 N–H and O–H groups in total. The third kappa shape index (κ3) is 2.05. The quantitative estimate of drug-likeness (QED) is 0.495. The van der Waals surface area contributed by atoms with Crippen molar-refractivity contribution in [2.75, 3.05) is 0 Å². The molecule has 0 aromatic heterocycles. The van der Waals surface area contributed by atoms with Crippen molar-refractivity contribution in [3.8, 4) is 0 Å². The first-order valence-electron chi connectivity index (χ1n) is 5.95. The van der Waals surface area contributed by atoms with Crippen molar-refractivity contribution in [2.45, 2.75) is 11.3 Å². The number of nitrogens with two attached hydrogens (primary N) is 1. The summed E-state index contributed by atoms with van der Waals surface area (Å²) in [5, 5.41) is 11.9. The number of nitro groups is 1. The third-order valence-corrected chi connectivity index (χ3v) is 4.32.